The van der Waals surface area contributed by atoms with Crippen molar-refractivity contribution in [3.05, 3.63) is 29.3 Å². The highest BCUT2D eigenvalue weighted by atomic mass is 35.5. The van der Waals surface area contributed by atoms with Crippen molar-refractivity contribution in [2.75, 3.05) is 13.1 Å². The second kappa shape index (κ2) is 7.79. The molecule has 4 aliphatic carbocycles. The molecule has 0 radical (unpaired) electrons. The molecule has 1 aromatic carbocycles. The van der Waals surface area contributed by atoms with E-state index in [0.29, 0.717) is 24.5 Å². The number of nitrogens with zero attached hydrogens (tertiary/aromatic N) is 1. The van der Waals surface area contributed by atoms with E-state index in [1.807, 2.05) is 0 Å². The van der Waals surface area contributed by atoms with E-state index in [1.165, 1.54) is 38.5 Å². The van der Waals surface area contributed by atoms with Gasteiger partial charge in [0.1, 0.15) is 0 Å². The Bertz CT molecular complexity index is 872. The SMILES string of the molecule is O=C(CC1CCN(S(=O)(=O)c2ccc(Cl)cc2)CC1)NC12CC3CC(CC(C3)C1)C2. The summed E-state index contributed by atoms with van der Waals surface area (Å²) in [6, 6.07) is 6.33. The molecule has 1 amide bonds. The Morgan fingerprint density at radius 2 is 1.53 bits per heavy atom. The molecule has 6 rings (SSSR count). The second-order valence-electron chi connectivity index (χ2n) is 10.3. The molecule has 7 heteroatoms. The summed E-state index contributed by atoms with van der Waals surface area (Å²) in [6.07, 6.45) is 9.62. The van der Waals surface area contributed by atoms with Crippen LogP contribution in [-0.4, -0.2) is 37.3 Å². The van der Waals surface area contributed by atoms with Crippen LogP contribution in [0.4, 0.5) is 0 Å². The highest BCUT2D eigenvalue weighted by Crippen LogP contribution is 2.55. The number of carbonyl (C=O) groups excluding carboxylic acids is 1. The Hall–Kier alpha value is -1.11. The zero-order valence-electron chi connectivity index (χ0n) is 17.4. The molecule has 5 aliphatic rings. The third-order valence-corrected chi connectivity index (χ3v) is 10.1. The van der Waals surface area contributed by atoms with Gasteiger partial charge in [0.2, 0.25) is 15.9 Å². The van der Waals surface area contributed by atoms with Crippen LogP contribution in [0.5, 0.6) is 0 Å². The van der Waals surface area contributed by atoms with Gasteiger partial charge in [0.15, 0.2) is 0 Å². The standard InChI is InChI=1S/C23H31ClN2O3S/c24-20-1-3-21(4-2-20)30(28,29)26-7-5-16(6-8-26)12-22(27)25-23-13-17-9-18(14-23)11-19(10-17)15-23/h1-4,16-19H,5-15H2,(H,25,27). The van der Waals surface area contributed by atoms with Gasteiger partial charge < -0.3 is 5.32 Å². The van der Waals surface area contributed by atoms with Crippen LogP contribution in [0.1, 0.15) is 57.8 Å². The summed E-state index contributed by atoms with van der Waals surface area (Å²) in [5, 5.41) is 3.99. The first kappa shape index (κ1) is 20.8. The molecule has 1 N–H and O–H groups in total. The van der Waals surface area contributed by atoms with Gasteiger partial charge in [-0.2, -0.15) is 4.31 Å². The number of sulfonamides is 1. The molecule has 0 aromatic heterocycles. The maximum absolute atomic E-state index is 12.9. The maximum Gasteiger partial charge on any atom is 0.243 e. The fourth-order valence-electron chi connectivity index (χ4n) is 6.98. The van der Waals surface area contributed by atoms with Crippen molar-refractivity contribution in [1.82, 2.24) is 9.62 Å². The zero-order valence-corrected chi connectivity index (χ0v) is 18.9. The average molecular weight is 451 g/mol. The maximum atomic E-state index is 12.9. The van der Waals surface area contributed by atoms with Crippen LogP contribution >= 0.6 is 11.6 Å². The van der Waals surface area contributed by atoms with Gasteiger partial charge in [-0.25, -0.2) is 8.42 Å². The van der Waals surface area contributed by atoms with E-state index in [4.69, 9.17) is 11.6 Å². The first-order valence-corrected chi connectivity index (χ1v) is 13.2. The highest BCUT2D eigenvalue weighted by Gasteiger charge is 2.51. The van der Waals surface area contributed by atoms with E-state index < -0.39 is 10.0 Å². The molecule has 1 heterocycles. The summed E-state index contributed by atoms with van der Waals surface area (Å²) in [7, 11) is -3.49. The highest BCUT2D eigenvalue weighted by molar-refractivity contribution is 7.89. The van der Waals surface area contributed by atoms with Crippen LogP contribution in [0, 0.1) is 23.7 Å². The molecule has 0 atom stereocenters. The first-order chi connectivity index (χ1) is 14.3. The molecule has 5 fully saturated rings. The van der Waals surface area contributed by atoms with Crippen LogP contribution in [0.3, 0.4) is 0 Å². The van der Waals surface area contributed by atoms with Gasteiger partial charge in [-0.1, -0.05) is 11.6 Å². The van der Waals surface area contributed by atoms with Crippen LogP contribution < -0.4 is 5.32 Å². The van der Waals surface area contributed by atoms with Gasteiger partial charge in [0.25, 0.3) is 0 Å². The lowest BCUT2D eigenvalue weighted by molar-refractivity contribution is -0.128. The van der Waals surface area contributed by atoms with Crippen LogP contribution in [0.15, 0.2) is 29.2 Å². The van der Waals surface area contributed by atoms with Crippen LogP contribution in [-0.2, 0) is 14.8 Å². The molecule has 4 saturated carbocycles. The lowest BCUT2D eigenvalue weighted by atomic mass is 9.53. The lowest BCUT2D eigenvalue weighted by Crippen LogP contribution is -2.60. The number of hydrogen-bond acceptors (Lipinski definition) is 3. The van der Waals surface area contributed by atoms with E-state index in [1.54, 1.807) is 28.6 Å². The minimum atomic E-state index is -3.49. The molecule has 1 saturated heterocycles. The lowest BCUT2D eigenvalue weighted by Gasteiger charge is -2.57. The summed E-state index contributed by atoms with van der Waals surface area (Å²) < 4.78 is 27.2. The molecular weight excluding hydrogens is 420 g/mol. The van der Waals surface area contributed by atoms with Gasteiger partial charge in [-0.3, -0.25) is 4.79 Å². The van der Waals surface area contributed by atoms with Gasteiger partial charge in [-0.05, 0) is 99.3 Å². The molecule has 164 valence electrons. The third-order valence-electron chi connectivity index (χ3n) is 7.94. The van der Waals surface area contributed by atoms with Crippen molar-refractivity contribution in [2.45, 2.75) is 68.2 Å². The number of carbonyl (C=O) groups is 1. The molecule has 4 bridgehead atoms. The van der Waals surface area contributed by atoms with Crippen LogP contribution in [0.25, 0.3) is 0 Å². The fourth-order valence-corrected chi connectivity index (χ4v) is 8.58. The molecule has 0 spiro atoms. The van der Waals surface area contributed by atoms with Crippen molar-refractivity contribution < 1.29 is 13.2 Å². The summed E-state index contributed by atoms with van der Waals surface area (Å²) >= 11 is 5.88. The average Bonchev–Trinajstić information content (AvgIpc) is 2.67. The van der Waals surface area contributed by atoms with Gasteiger partial charge >= 0.3 is 0 Å². The summed E-state index contributed by atoms with van der Waals surface area (Å²) in [4.78, 5) is 13.2. The number of rotatable bonds is 5. The van der Waals surface area contributed by atoms with Crippen molar-refractivity contribution in [2.24, 2.45) is 23.7 Å². The predicted molar refractivity (Wildman–Crippen MR) is 117 cm³/mol. The normalized spacial score (nSPS) is 34.2. The minimum absolute atomic E-state index is 0.0600. The van der Waals surface area contributed by atoms with E-state index in [-0.39, 0.29) is 22.3 Å². The fraction of sp³-hybridized carbons (Fsp3) is 0.696. The molecule has 1 aliphatic heterocycles. The first-order valence-electron chi connectivity index (χ1n) is 11.4. The topological polar surface area (TPSA) is 66.5 Å². The Balaban J connectivity index is 1.15. The largest absolute Gasteiger partial charge is 0.351 e. The monoisotopic (exact) mass is 450 g/mol. The minimum Gasteiger partial charge on any atom is -0.351 e. The number of hydrogen-bond donors (Lipinski definition) is 1. The van der Waals surface area contributed by atoms with Crippen molar-refractivity contribution in [1.29, 1.82) is 0 Å². The summed E-state index contributed by atoms with van der Waals surface area (Å²) in [5.74, 6) is 2.89. The van der Waals surface area contributed by atoms with E-state index in [2.05, 4.69) is 5.32 Å². The predicted octanol–water partition coefficient (Wildman–Crippen LogP) is 4.22. The van der Waals surface area contributed by atoms with Crippen molar-refractivity contribution >= 4 is 27.5 Å². The van der Waals surface area contributed by atoms with E-state index in [0.717, 1.165) is 30.6 Å². The Morgan fingerprint density at radius 1 is 1.00 bits per heavy atom. The number of benzene rings is 1. The number of halogens is 1. The number of amides is 1. The van der Waals surface area contributed by atoms with E-state index >= 15 is 0 Å². The smallest absolute Gasteiger partial charge is 0.243 e. The Morgan fingerprint density at radius 3 is 2.07 bits per heavy atom. The Kier molecular flexibility index (Phi) is 5.39. The number of nitrogens with one attached hydrogen (secondary N) is 1. The number of piperidine rings is 1. The Labute approximate surface area is 184 Å². The van der Waals surface area contributed by atoms with Gasteiger partial charge in [0.05, 0.1) is 4.90 Å². The molecule has 1 aromatic rings. The molecule has 5 nitrogen and oxygen atoms in total. The van der Waals surface area contributed by atoms with Crippen molar-refractivity contribution in [3.8, 4) is 0 Å². The summed E-state index contributed by atoms with van der Waals surface area (Å²) in [5.41, 5.74) is 0.0600. The van der Waals surface area contributed by atoms with Gasteiger partial charge in [-0.15, -0.1) is 0 Å². The quantitative estimate of drug-likeness (QED) is 0.730. The van der Waals surface area contributed by atoms with Crippen LogP contribution in [0.2, 0.25) is 5.02 Å². The second-order valence-corrected chi connectivity index (χ2v) is 12.6. The van der Waals surface area contributed by atoms with Crippen molar-refractivity contribution in [3.63, 3.8) is 0 Å². The molecule has 30 heavy (non-hydrogen) atoms. The zero-order chi connectivity index (χ0) is 20.9. The van der Waals surface area contributed by atoms with Gasteiger partial charge in [0, 0.05) is 30.1 Å². The van der Waals surface area contributed by atoms with E-state index in [9.17, 15) is 13.2 Å². The molecular formula is C23H31ClN2O3S. The molecule has 0 unspecified atom stereocenters. The third kappa shape index (κ3) is 4.03. The summed E-state index contributed by atoms with van der Waals surface area (Å²) in [6.45, 7) is 0.945.